The Kier molecular flexibility index (Phi) is 6.12. The fraction of sp³-hybridized carbons (Fsp3) is 0. The van der Waals surface area contributed by atoms with Crippen molar-refractivity contribution in [3.63, 3.8) is 0 Å². The van der Waals surface area contributed by atoms with Crippen LogP contribution in [0.2, 0.25) is 0 Å². The van der Waals surface area contributed by atoms with Gasteiger partial charge in [-0.15, -0.1) is 11.3 Å². The summed E-state index contributed by atoms with van der Waals surface area (Å²) in [5.74, 6) is 1.98. The number of aromatic nitrogens is 3. The third-order valence-electron chi connectivity index (χ3n) is 10.2. The standard InChI is InChI=1S/C47H27N3S/c1-3-12-28(13-4-1)37-25-32(24-31-16-7-8-19-33(31)37)46-48-45(30-14-5-2-6-15-30)49-47(50-46)36-22-11-23-41-44(36)40-26-38-34-20-9-17-29-18-10-21-35(43(29)34)39(38)27-42(40)51-41/h1-27H. The molecule has 236 valence electrons. The molecule has 0 bridgehead atoms. The maximum absolute atomic E-state index is 5.30. The molecular formula is C47H27N3S. The molecule has 1 aliphatic carbocycles. The van der Waals surface area contributed by atoms with Gasteiger partial charge < -0.3 is 0 Å². The Labute approximate surface area is 298 Å². The number of fused-ring (bicyclic) bond motifs is 7. The van der Waals surface area contributed by atoms with Crippen LogP contribution in [-0.2, 0) is 0 Å². The molecule has 0 aliphatic heterocycles. The summed E-state index contributed by atoms with van der Waals surface area (Å²) in [5, 5.41) is 7.39. The number of benzene rings is 8. The molecule has 3 nitrogen and oxygen atoms in total. The molecule has 0 fully saturated rings. The smallest absolute Gasteiger partial charge is 0.164 e. The third-order valence-corrected chi connectivity index (χ3v) is 11.4. The van der Waals surface area contributed by atoms with Crippen LogP contribution < -0.4 is 0 Å². The van der Waals surface area contributed by atoms with E-state index in [1.807, 2.05) is 29.5 Å². The van der Waals surface area contributed by atoms with Crippen molar-refractivity contribution in [1.82, 2.24) is 15.0 Å². The summed E-state index contributed by atoms with van der Waals surface area (Å²) >= 11 is 1.84. The molecule has 10 aromatic rings. The van der Waals surface area contributed by atoms with E-state index in [0.29, 0.717) is 17.5 Å². The second-order valence-electron chi connectivity index (χ2n) is 13.2. The van der Waals surface area contributed by atoms with Crippen molar-refractivity contribution in [3.05, 3.63) is 164 Å². The van der Waals surface area contributed by atoms with E-state index in [-0.39, 0.29) is 0 Å². The largest absolute Gasteiger partial charge is 0.208 e. The lowest BCUT2D eigenvalue weighted by atomic mass is 9.95. The Morgan fingerprint density at radius 2 is 0.922 bits per heavy atom. The van der Waals surface area contributed by atoms with Gasteiger partial charge in [-0.2, -0.15) is 0 Å². The van der Waals surface area contributed by atoms with Gasteiger partial charge in [-0.05, 0) is 85.3 Å². The Bertz CT molecular complexity index is 3010. The molecule has 2 heterocycles. The number of nitrogens with zero attached hydrogens (tertiary/aromatic N) is 3. The van der Waals surface area contributed by atoms with Crippen LogP contribution in [-0.4, -0.2) is 15.0 Å². The molecule has 51 heavy (non-hydrogen) atoms. The summed E-state index contributed by atoms with van der Waals surface area (Å²) in [6.07, 6.45) is 0. The molecule has 0 radical (unpaired) electrons. The van der Waals surface area contributed by atoms with Crippen LogP contribution >= 0.6 is 11.3 Å². The van der Waals surface area contributed by atoms with Crippen molar-refractivity contribution in [2.75, 3.05) is 0 Å². The maximum atomic E-state index is 5.30. The first-order chi connectivity index (χ1) is 25.3. The predicted molar refractivity (Wildman–Crippen MR) is 214 cm³/mol. The van der Waals surface area contributed by atoms with Crippen molar-refractivity contribution in [3.8, 4) is 67.5 Å². The summed E-state index contributed by atoms with van der Waals surface area (Å²) in [6, 6.07) is 58.4. The fourth-order valence-corrected chi connectivity index (χ4v) is 9.09. The first-order valence-electron chi connectivity index (χ1n) is 17.2. The van der Waals surface area contributed by atoms with Gasteiger partial charge in [0.1, 0.15) is 0 Å². The van der Waals surface area contributed by atoms with Crippen LogP contribution in [0.3, 0.4) is 0 Å². The van der Waals surface area contributed by atoms with Crippen LogP contribution in [0.1, 0.15) is 0 Å². The van der Waals surface area contributed by atoms with E-state index in [1.165, 1.54) is 58.6 Å². The molecule has 0 N–H and O–H groups in total. The van der Waals surface area contributed by atoms with E-state index in [4.69, 9.17) is 15.0 Å². The summed E-state index contributed by atoms with van der Waals surface area (Å²) in [6.45, 7) is 0. The highest BCUT2D eigenvalue weighted by molar-refractivity contribution is 7.26. The van der Waals surface area contributed by atoms with Crippen molar-refractivity contribution >= 4 is 53.1 Å². The van der Waals surface area contributed by atoms with Crippen LogP contribution in [0.15, 0.2) is 164 Å². The van der Waals surface area contributed by atoms with Gasteiger partial charge in [0.05, 0.1) is 0 Å². The Morgan fingerprint density at radius 1 is 0.314 bits per heavy atom. The van der Waals surface area contributed by atoms with Crippen LogP contribution in [0.25, 0.3) is 109 Å². The molecule has 0 atom stereocenters. The highest BCUT2D eigenvalue weighted by atomic mass is 32.1. The lowest BCUT2D eigenvalue weighted by molar-refractivity contribution is 1.08. The number of rotatable bonds is 4. The van der Waals surface area contributed by atoms with E-state index in [9.17, 15) is 0 Å². The zero-order chi connectivity index (χ0) is 33.5. The predicted octanol–water partition coefficient (Wildman–Crippen LogP) is 12.9. The minimum atomic E-state index is 0.654. The first kappa shape index (κ1) is 28.4. The molecule has 0 unspecified atom stereocenters. The molecule has 0 spiro atoms. The van der Waals surface area contributed by atoms with Crippen LogP contribution in [0.4, 0.5) is 0 Å². The lowest BCUT2D eigenvalue weighted by Gasteiger charge is -2.13. The minimum absolute atomic E-state index is 0.654. The highest BCUT2D eigenvalue weighted by Crippen LogP contribution is 2.51. The van der Waals surface area contributed by atoms with E-state index in [1.54, 1.807) is 0 Å². The van der Waals surface area contributed by atoms with E-state index >= 15 is 0 Å². The summed E-state index contributed by atoms with van der Waals surface area (Å²) in [7, 11) is 0. The minimum Gasteiger partial charge on any atom is -0.208 e. The second kappa shape index (κ2) is 11.0. The number of hydrogen-bond acceptors (Lipinski definition) is 4. The topological polar surface area (TPSA) is 38.7 Å². The van der Waals surface area contributed by atoms with Crippen LogP contribution in [0, 0.1) is 0 Å². The van der Waals surface area contributed by atoms with E-state index in [2.05, 4.69) is 146 Å². The highest BCUT2D eigenvalue weighted by Gasteiger charge is 2.24. The van der Waals surface area contributed by atoms with Gasteiger partial charge in [-0.3, -0.25) is 0 Å². The normalized spacial score (nSPS) is 11.9. The zero-order valence-corrected chi connectivity index (χ0v) is 28.2. The van der Waals surface area contributed by atoms with E-state index in [0.717, 1.165) is 33.2 Å². The lowest BCUT2D eigenvalue weighted by Crippen LogP contribution is -2.00. The molecule has 2 aromatic heterocycles. The van der Waals surface area contributed by atoms with Crippen molar-refractivity contribution in [2.45, 2.75) is 0 Å². The molecule has 8 aromatic carbocycles. The quantitative estimate of drug-likeness (QED) is 0.188. The van der Waals surface area contributed by atoms with Gasteiger partial charge in [0.15, 0.2) is 17.5 Å². The number of thiophene rings is 1. The van der Waals surface area contributed by atoms with Gasteiger partial charge in [-0.1, -0.05) is 133 Å². The molecule has 0 saturated carbocycles. The van der Waals surface area contributed by atoms with Gasteiger partial charge in [0, 0.05) is 36.9 Å². The summed E-state index contributed by atoms with van der Waals surface area (Å²) in [4.78, 5) is 15.6. The summed E-state index contributed by atoms with van der Waals surface area (Å²) in [5.41, 5.74) is 10.5. The molecule has 0 saturated heterocycles. The molecule has 4 heteroatoms. The third kappa shape index (κ3) is 4.40. The monoisotopic (exact) mass is 665 g/mol. The SMILES string of the molecule is c1ccc(-c2nc(-c3cc(-c4ccccc4)c4ccccc4c3)nc(-c3cccc4sc5cc6c(cc5c34)-c3cccc4cccc-6c34)n2)cc1. The zero-order valence-electron chi connectivity index (χ0n) is 27.3. The van der Waals surface area contributed by atoms with Gasteiger partial charge in [0.2, 0.25) is 0 Å². The Morgan fingerprint density at radius 3 is 1.71 bits per heavy atom. The fourth-order valence-electron chi connectivity index (χ4n) is 7.93. The van der Waals surface area contributed by atoms with Gasteiger partial charge >= 0.3 is 0 Å². The average Bonchev–Trinajstić information content (AvgIpc) is 3.73. The molecule has 0 amide bonds. The second-order valence-corrected chi connectivity index (χ2v) is 14.3. The first-order valence-corrected chi connectivity index (χ1v) is 18.0. The Balaban J connectivity index is 1.16. The molecule has 11 rings (SSSR count). The van der Waals surface area contributed by atoms with Crippen molar-refractivity contribution < 1.29 is 0 Å². The van der Waals surface area contributed by atoms with E-state index < -0.39 is 0 Å². The summed E-state index contributed by atoms with van der Waals surface area (Å²) < 4.78 is 2.48. The number of hydrogen-bond donors (Lipinski definition) is 0. The van der Waals surface area contributed by atoms with Crippen molar-refractivity contribution in [2.24, 2.45) is 0 Å². The van der Waals surface area contributed by atoms with Gasteiger partial charge in [0.25, 0.3) is 0 Å². The molecule has 1 aliphatic rings. The Hall–Kier alpha value is -6.49. The van der Waals surface area contributed by atoms with Crippen LogP contribution in [0.5, 0.6) is 0 Å². The van der Waals surface area contributed by atoms with Crippen molar-refractivity contribution in [1.29, 1.82) is 0 Å². The molecular weight excluding hydrogens is 639 g/mol. The average molecular weight is 666 g/mol. The van der Waals surface area contributed by atoms with Gasteiger partial charge in [-0.25, -0.2) is 15.0 Å². The maximum Gasteiger partial charge on any atom is 0.164 e.